The molecule has 0 aliphatic heterocycles. The number of halogens is 1. The summed E-state index contributed by atoms with van der Waals surface area (Å²) in [6.45, 7) is 2.62. The summed E-state index contributed by atoms with van der Waals surface area (Å²) < 4.78 is 6.83. The number of hydrogen-bond donors (Lipinski definition) is 0. The van der Waals surface area contributed by atoms with E-state index in [-0.39, 0.29) is 0 Å². The molecule has 0 bridgehead atoms. The van der Waals surface area contributed by atoms with Crippen molar-refractivity contribution in [3.05, 3.63) is 58.6 Å². The molecular formula is C17H13BrN2OS. The van der Waals surface area contributed by atoms with Gasteiger partial charge in [-0.05, 0) is 36.2 Å². The van der Waals surface area contributed by atoms with Crippen molar-refractivity contribution in [2.75, 3.05) is 0 Å². The standard InChI is InChI=1S/C17H13BrN2OS/c1-11(18)13-4-2-3-12(7-13)10-21-14-5-6-15-16(8-14)22-17(9-19)20-15/h2-8,11H,10H2,1H3. The van der Waals surface area contributed by atoms with Gasteiger partial charge in [0.25, 0.3) is 0 Å². The molecule has 0 aliphatic rings. The van der Waals surface area contributed by atoms with Crippen molar-refractivity contribution in [1.82, 2.24) is 4.98 Å². The van der Waals surface area contributed by atoms with Gasteiger partial charge < -0.3 is 4.74 Å². The lowest BCUT2D eigenvalue weighted by Crippen LogP contribution is -1.96. The minimum Gasteiger partial charge on any atom is -0.489 e. The molecule has 0 saturated heterocycles. The number of alkyl halides is 1. The summed E-state index contributed by atoms with van der Waals surface area (Å²) in [4.78, 5) is 4.54. The molecule has 0 radical (unpaired) electrons. The van der Waals surface area contributed by atoms with Crippen LogP contribution >= 0.6 is 27.3 Å². The Morgan fingerprint density at radius 1 is 1.32 bits per heavy atom. The maximum Gasteiger partial charge on any atom is 0.195 e. The molecule has 0 spiro atoms. The predicted octanol–water partition coefficient (Wildman–Crippen LogP) is 5.20. The molecule has 1 unspecified atom stereocenters. The molecule has 0 fully saturated rings. The summed E-state index contributed by atoms with van der Waals surface area (Å²) in [5, 5.41) is 9.37. The molecule has 1 atom stereocenters. The highest BCUT2D eigenvalue weighted by Gasteiger charge is 2.06. The number of hydrogen-bond acceptors (Lipinski definition) is 4. The van der Waals surface area contributed by atoms with Crippen LogP contribution in [0.1, 0.15) is 27.9 Å². The lowest BCUT2D eigenvalue weighted by Gasteiger charge is -2.09. The first kappa shape index (κ1) is 15.0. The topological polar surface area (TPSA) is 45.9 Å². The lowest BCUT2D eigenvalue weighted by molar-refractivity contribution is 0.306. The molecule has 110 valence electrons. The van der Waals surface area contributed by atoms with E-state index in [1.807, 2.05) is 24.3 Å². The molecule has 2 aromatic carbocycles. The largest absolute Gasteiger partial charge is 0.489 e. The number of ether oxygens (including phenoxy) is 1. The van der Waals surface area contributed by atoms with E-state index < -0.39 is 0 Å². The first-order chi connectivity index (χ1) is 10.7. The van der Waals surface area contributed by atoms with Gasteiger partial charge in [0.2, 0.25) is 0 Å². The van der Waals surface area contributed by atoms with Gasteiger partial charge in [0.1, 0.15) is 18.4 Å². The van der Waals surface area contributed by atoms with Crippen LogP contribution in [0, 0.1) is 11.3 Å². The van der Waals surface area contributed by atoms with Gasteiger partial charge in [0.05, 0.1) is 10.2 Å². The maximum absolute atomic E-state index is 8.89. The van der Waals surface area contributed by atoms with Crippen molar-refractivity contribution < 1.29 is 4.74 Å². The number of thiazole rings is 1. The molecule has 22 heavy (non-hydrogen) atoms. The number of nitriles is 1. The monoisotopic (exact) mass is 372 g/mol. The minimum atomic E-state index is 0.324. The molecule has 3 nitrogen and oxygen atoms in total. The fourth-order valence-electron chi connectivity index (χ4n) is 2.14. The van der Waals surface area contributed by atoms with Crippen LogP contribution in [0.25, 0.3) is 10.2 Å². The van der Waals surface area contributed by atoms with E-state index in [9.17, 15) is 0 Å². The number of rotatable bonds is 4. The van der Waals surface area contributed by atoms with E-state index in [1.165, 1.54) is 16.9 Å². The molecule has 0 saturated carbocycles. The van der Waals surface area contributed by atoms with E-state index in [0.29, 0.717) is 16.4 Å². The highest BCUT2D eigenvalue weighted by molar-refractivity contribution is 9.09. The Labute approximate surface area is 141 Å². The Morgan fingerprint density at radius 3 is 2.95 bits per heavy atom. The Kier molecular flexibility index (Phi) is 4.41. The molecule has 5 heteroatoms. The van der Waals surface area contributed by atoms with E-state index in [2.05, 4.69) is 52.1 Å². The summed E-state index contributed by atoms with van der Waals surface area (Å²) in [6, 6.07) is 16.1. The van der Waals surface area contributed by atoms with Crippen molar-refractivity contribution in [3.63, 3.8) is 0 Å². The van der Waals surface area contributed by atoms with Crippen LogP contribution < -0.4 is 4.74 Å². The molecule has 3 rings (SSSR count). The molecule has 3 aromatic rings. The fraction of sp³-hybridized carbons (Fsp3) is 0.176. The number of benzene rings is 2. The normalized spacial score (nSPS) is 12.0. The second-order valence-electron chi connectivity index (χ2n) is 4.91. The van der Waals surface area contributed by atoms with Crippen LogP contribution in [0.3, 0.4) is 0 Å². The van der Waals surface area contributed by atoms with Gasteiger partial charge in [-0.25, -0.2) is 4.98 Å². The number of nitrogens with zero attached hydrogens (tertiary/aromatic N) is 2. The van der Waals surface area contributed by atoms with Crippen LogP contribution in [0.5, 0.6) is 5.75 Å². The van der Waals surface area contributed by atoms with Crippen LogP contribution in [0.15, 0.2) is 42.5 Å². The highest BCUT2D eigenvalue weighted by atomic mass is 79.9. The van der Waals surface area contributed by atoms with Crippen molar-refractivity contribution in [1.29, 1.82) is 5.26 Å². The summed E-state index contributed by atoms with van der Waals surface area (Å²) in [7, 11) is 0. The van der Waals surface area contributed by atoms with Gasteiger partial charge >= 0.3 is 0 Å². The van der Waals surface area contributed by atoms with E-state index in [4.69, 9.17) is 10.00 Å². The third-order valence-corrected chi connectivity index (χ3v) is 4.72. The third kappa shape index (κ3) is 3.29. The SMILES string of the molecule is CC(Br)c1cccc(COc2ccc3nc(C#N)sc3c2)c1. The van der Waals surface area contributed by atoms with Crippen molar-refractivity contribution >= 4 is 37.5 Å². The summed E-state index contributed by atoms with van der Waals surface area (Å²) in [6.07, 6.45) is 0. The molecule has 1 heterocycles. The van der Waals surface area contributed by atoms with Crippen LogP contribution in [-0.4, -0.2) is 4.98 Å². The predicted molar refractivity (Wildman–Crippen MR) is 92.5 cm³/mol. The Bertz CT molecular complexity index is 851. The number of aromatic nitrogens is 1. The quantitative estimate of drug-likeness (QED) is 0.591. The first-order valence-electron chi connectivity index (χ1n) is 6.82. The zero-order valence-corrected chi connectivity index (χ0v) is 14.3. The summed E-state index contributed by atoms with van der Waals surface area (Å²) in [5.74, 6) is 0.790. The average molecular weight is 373 g/mol. The Hall–Kier alpha value is -1.90. The molecular weight excluding hydrogens is 360 g/mol. The molecule has 0 N–H and O–H groups in total. The second kappa shape index (κ2) is 6.47. The van der Waals surface area contributed by atoms with Crippen molar-refractivity contribution in [3.8, 4) is 11.8 Å². The van der Waals surface area contributed by atoms with E-state index in [1.54, 1.807) is 0 Å². The first-order valence-corrected chi connectivity index (χ1v) is 8.55. The summed E-state index contributed by atoms with van der Waals surface area (Å²) in [5.41, 5.74) is 3.20. The zero-order chi connectivity index (χ0) is 15.5. The second-order valence-corrected chi connectivity index (χ2v) is 7.31. The minimum absolute atomic E-state index is 0.324. The van der Waals surface area contributed by atoms with Gasteiger partial charge in [0, 0.05) is 4.83 Å². The van der Waals surface area contributed by atoms with Crippen molar-refractivity contribution in [2.45, 2.75) is 18.4 Å². The van der Waals surface area contributed by atoms with Gasteiger partial charge in [0.15, 0.2) is 5.01 Å². The Morgan fingerprint density at radius 2 is 2.18 bits per heavy atom. The maximum atomic E-state index is 8.89. The van der Waals surface area contributed by atoms with Gasteiger partial charge in [-0.3, -0.25) is 0 Å². The van der Waals surface area contributed by atoms with Crippen LogP contribution in [0.2, 0.25) is 0 Å². The van der Waals surface area contributed by atoms with Crippen molar-refractivity contribution in [2.24, 2.45) is 0 Å². The molecule has 0 amide bonds. The van der Waals surface area contributed by atoms with Crippen LogP contribution in [-0.2, 0) is 6.61 Å². The summed E-state index contributed by atoms with van der Waals surface area (Å²) >= 11 is 4.96. The van der Waals surface area contributed by atoms with E-state index in [0.717, 1.165) is 21.5 Å². The van der Waals surface area contributed by atoms with E-state index >= 15 is 0 Å². The molecule has 1 aromatic heterocycles. The zero-order valence-electron chi connectivity index (χ0n) is 11.9. The number of fused-ring (bicyclic) bond motifs is 1. The van der Waals surface area contributed by atoms with Crippen LogP contribution in [0.4, 0.5) is 0 Å². The average Bonchev–Trinajstić information content (AvgIpc) is 2.95. The lowest BCUT2D eigenvalue weighted by atomic mass is 10.1. The highest BCUT2D eigenvalue weighted by Crippen LogP contribution is 2.27. The molecule has 0 aliphatic carbocycles. The van der Waals surface area contributed by atoms with Gasteiger partial charge in [-0.1, -0.05) is 40.2 Å². The Balaban J connectivity index is 1.76. The fourth-order valence-corrected chi connectivity index (χ4v) is 3.22. The van der Waals surface area contributed by atoms with Gasteiger partial charge in [-0.2, -0.15) is 5.26 Å². The smallest absolute Gasteiger partial charge is 0.195 e. The van der Waals surface area contributed by atoms with Gasteiger partial charge in [-0.15, -0.1) is 11.3 Å². The third-order valence-electron chi connectivity index (χ3n) is 3.27.